The molecule has 0 saturated carbocycles. The molecule has 3 aromatic rings. The molecule has 1 aliphatic heterocycles. The summed E-state index contributed by atoms with van der Waals surface area (Å²) in [5, 5.41) is 0. The number of hydrogen-bond acceptors (Lipinski definition) is 4. The fraction of sp³-hybridized carbons (Fsp3) is 0.0455. The SMILES string of the molecule is O=C(OCc1ccccc1)c1ccc2c(c1)C(=O)N(c1ccc(F)cc1)C2=O. The largest absolute Gasteiger partial charge is 0.457 e. The predicted molar refractivity (Wildman–Crippen MR) is 99.5 cm³/mol. The number of esters is 1. The fourth-order valence-corrected chi connectivity index (χ4v) is 3.00. The van der Waals surface area contributed by atoms with Crippen molar-refractivity contribution in [1.82, 2.24) is 0 Å². The summed E-state index contributed by atoms with van der Waals surface area (Å²) >= 11 is 0. The van der Waals surface area contributed by atoms with E-state index in [4.69, 9.17) is 4.74 Å². The summed E-state index contributed by atoms with van der Waals surface area (Å²) in [5.41, 5.74) is 1.58. The third-order valence-electron chi connectivity index (χ3n) is 4.42. The Morgan fingerprint density at radius 2 is 1.54 bits per heavy atom. The highest BCUT2D eigenvalue weighted by Gasteiger charge is 2.37. The lowest BCUT2D eigenvalue weighted by molar-refractivity contribution is 0.0472. The highest BCUT2D eigenvalue weighted by Crippen LogP contribution is 2.29. The van der Waals surface area contributed by atoms with Gasteiger partial charge in [-0.1, -0.05) is 30.3 Å². The molecular weight excluding hydrogens is 361 g/mol. The third-order valence-corrected chi connectivity index (χ3v) is 4.42. The number of halogens is 1. The van der Waals surface area contributed by atoms with Gasteiger partial charge in [-0.15, -0.1) is 0 Å². The number of anilines is 1. The molecule has 1 aliphatic rings. The van der Waals surface area contributed by atoms with Gasteiger partial charge in [0.25, 0.3) is 11.8 Å². The van der Waals surface area contributed by atoms with Crippen LogP contribution in [0.15, 0.2) is 72.8 Å². The van der Waals surface area contributed by atoms with E-state index in [-0.39, 0.29) is 29.0 Å². The van der Waals surface area contributed by atoms with Gasteiger partial charge in [0.05, 0.1) is 22.4 Å². The molecule has 2 amide bonds. The van der Waals surface area contributed by atoms with Crippen LogP contribution in [0.25, 0.3) is 0 Å². The molecular formula is C22H14FNO4. The van der Waals surface area contributed by atoms with Crippen LogP contribution in [0.2, 0.25) is 0 Å². The van der Waals surface area contributed by atoms with Gasteiger partial charge >= 0.3 is 5.97 Å². The lowest BCUT2D eigenvalue weighted by Gasteiger charge is -2.13. The number of nitrogens with zero attached hydrogens (tertiary/aromatic N) is 1. The number of carbonyl (C=O) groups excluding carboxylic acids is 3. The molecule has 0 fully saturated rings. The average molecular weight is 375 g/mol. The number of fused-ring (bicyclic) bond motifs is 1. The summed E-state index contributed by atoms with van der Waals surface area (Å²) in [4.78, 5) is 38.6. The minimum Gasteiger partial charge on any atom is -0.457 e. The fourth-order valence-electron chi connectivity index (χ4n) is 3.00. The molecule has 0 unspecified atom stereocenters. The lowest BCUT2D eigenvalue weighted by atomic mass is 10.1. The topological polar surface area (TPSA) is 63.7 Å². The van der Waals surface area contributed by atoms with Crippen LogP contribution < -0.4 is 4.90 Å². The number of benzene rings is 3. The summed E-state index contributed by atoms with van der Waals surface area (Å²) < 4.78 is 18.4. The first-order chi connectivity index (χ1) is 13.5. The van der Waals surface area contributed by atoms with Crippen LogP contribution in [0.4, 0.5) is 10.1 Å². The second-order valence-corrected chi connectivity index (χ2v) is 6.24. The molecule has 6 heteroatoms. The quantitative estimate of drug-likeness (QED) is 0.511. The molecule has 0 spiro atoms. The van der Waals surface area contributed by atoms with Crippen LogP contribution >= 0.6 is 0 Å². The number of ether oxygens (including phenoxy) is 1. The van der Waals surface area contributed by atoms with Crippen molar-refractivity contribution >= 4 is 23.5 Å². The zero-order chi connectivity index (χ0) is 19.7. The maximum atomic E-state index is 13.1. The van der Waals surface area contributed by atoms with Gasteiger partial charge in [0.2, 0.25) is 0 Å². The Bertz CT molecular complexity index is 1080. The summed E-state index contributed by atoms with van der Waals surface area (Å²) in [7, 11) is 0. The molecule has 1 heterocycles. The van der Waals surface area contributed by atoms with Crippen LogP contribution in [0.5, 0.6) is 0 Å². The summed E-state index contributed by atoms with van der Waals surface area (Å²) in [6, 6.07) is 18.5. The standard InChI is InChI=1S/C22H14FNO4/c23-16-7-9-17(10-8-16)24-20(25)18-11-6-15(12-19(18)21(24)26)22(27)28-13-14-4-2-1-3-5-14/h1-12H,13H2. The molecule has 0 radical (unpaired) electrons. The maximum Gasteiger partial charge on any atom is 0.338 e. The molecule has 0 bridgehead atoms. The van der Waals surface area contributed by atoms with E-state index >= 15 is 0 Å². The Balaban J connectivity index is 1.56. The highest BCUT2D eigenvalue weighted by molar-refractivity contribution is 6.34. The normalized spacial score (nSPS) is 12.8. The summed E-state index contributed by atoms with van der Waals surface area (Å²) in [6.45, 7) is 0.103. The minimum atomic E-state index is -0.591. The summed E-state index contributed by atoms with van der Waals surface area (Å²) in [6.07, 6.45) is 0. The first-order valence-electron chi connectivity index (χ1n) is 8.54. The molecule has 0 saturated heterocycles. The number of carbonyl (C=O) groups is 3. The third kappa shape index (κ3) is 3.16. The van der Waals surface area contributed by atoms with Gasteiger partial charge in [0, 0.05) is 0 Å². The van der Waals surface area contributed by atoms with Crippen molar-refractivity contribution in [2.45, 2.75) is 6.61 Å². The molecule has 138 valence electrons. The molecule has 5 nitrogen and oxygen atoms in total. The van der Waals surface area contributed by atoms with Gasteiger partial charge in [-0.25, -0.2) is 14.1 Å². The molecule has 0 aliphatic carbocycles. The second kappa shape index (κ2) is 7.08. The molecule has 4 rings (SSSR count). The van der Waals surface area contributed by atoms with E-state index < -0.39 is 23.6 Å². The van der Waals surface area contributed by atoms with Crippen LogP contribution in [0.1, 0.15) is 36.6 Å². The van der Waals surface area contributed by atoms with E-state index in [1.807, 2.05) is 30.3 Å². The van der Waals surface area contributed by atoms with Gasteiger partial charge in [0.1, 0.15) is 12.4 Å². The monoisotopic (exact) mass is 375 g/mol. The van der Waals surface area contributed by atoms with Gasteiger partial charge in [-0.2, -0.15) is 0 Å². The Kier molecular flexibility index (Phi) is 4.45. The number of imide groups is 1. The number of hydrogen-bond donors (Lipinski definition) is 0. The molecule has 3 aromatic carbocycles. The Morgan fingerprint density at radius 3 is 2.25 bits per heavy atom. The van der Waals surface area contributed by atoms with Gasteiger partial charge in [-0.3, -0.25) is 9.59 Å². The van der Waals surface area contributed by atoms with E-state index in [1.165, 1.54) is 42.5 Å². The van der Waals surface area contributed by atoms with E-state index in [0.29, 0.717) is 0 Å². The van der Waals surface area contributed by atoms with Gasteiger partial charge in [0.15, 0.2) is 0 Å². The zero-order valence-corrected chi connectivity index (χ0v) is 14.6. The molecule has 0 N–H and O–H groups in total. The van der Waals surface area contributed by atoms with Gasteiger partial charge in [-0.05, 0) is 48.0 Å². The Labute approximate surface area is 160 Å². The molecule has 0 atom stereocenters. The van der Waals surface area contributed by atoms with Crippen LogP contribution in [0.3, 0.4) is 0 Å². The first kappa shape index (κ1) is 17.6. The Morgan fingerprint density at radius 1 is 0.857 bits per heavy atom. The van der Waals surface area contributed by atoms with Crippen molar-refractivity contribution in [3.8, 4) is 0 Å². The number of rotatable bonds is 4. The van der Waals surface area contributed by atoms with Crippen molar-refractivity contribution in [2.75, 3.05) is 4.90 Å². The molecule has 28 heavy (non-hydrogen) atoms. The number of amides is 2. The molecule has 0 aromatic heterocycles. The van der Waals surface area contributed by atoms with Crippen LogP contribution in [-0.4, -0.2) is 17.8 Å². The van der Waals surface area contributed by atoms with E-state index in [9.17, 15) is 18.8 Å². The van der Waals surface area contributed by atoms with Crippen molar-refractivity contribution in [2.24, 2.45) is 0 Å². The zero-order valence-electron chi connectivity index (χ0n) is 14.6. The van der Waals surface area contributed by atoms with Crippen LogP contribution in [-0.2, 0) is 11.3 Å². The Hall–Kier alpha value is -3.80. The lowest BCUT2D eigenvalue weighted by Crippen LogP contribution is -2.29. The van der Waals surface area contributed by atoms with Crippen molar-refractivity contribution in [1.29, 1.82) is 0 Å². The predicted octanol–water partition coefficient (Wildman–Crippen LogP) is 3.98. The van der Waals surface area contributed by atoms with E-state index in [2.05, 4.69) is 0 Å². The second-order valence-electron chi connectivity index (χ2n) is 6.24. The smallest absolute Gasteiger partial charge is 0.338 e. The van der Waals surface area contributed by atoms with Crippen molar-refractivity contribution < 1.29 is 23.5 Å². The average Bonchev–Trinajstić information content (AvgIpc) is 2.97. The first-order valence-corrected chi connectivity index (χ1v) is 8.54. The van der Waals surface area contributed by atoms with Gasteiger partial charge < -0.3 is 4.74 Å². The van der Waals surface area contributed by atoms with Crippen molar-refractivity contribution in [3.05, 3.63) is 101 Å². The van der Waals surface area contributed by atoms with E-state index in [0.717, 1.165) is 10.5 Å². The van der Waals surface area contributed by atoms with Crippen molar-refractivity contribution in [3.63, 3.8) is 0 Å². The highest BCUT2D eigenvalue weighted by atomic mass is 19.1. The minimum absolute atomic E-state index is 0.103. The maximum absolute atomic E-state index is 13.1. The van der Waals surface area contributed by atoms with E-state index in [1.54, 1.807) is 0 Å². The van der Waals surface area contributed by atoms with Crippen LogP contribution in [0, 0.1) is 5.82 Å². The summed E-state index contributed by atoms with van der Waals surface area (Å²) in [5.74, 6) is -2.14.